The lowest BCUT2D eigenvalue weighted by Gasteiger charge is -2.25. The number of methoxy groups -OCH3 is 1. The number of aromatic nitrogens is 3. The van der Waals surface area contributed by atoms with E-state index in [-0.39, 0.29) is 17.5 Å². The van der Waals surface area contributed by atoms with Gasteiger partial charge in [0.15, 0.2) is 0 Å². The molecule has 11 nitrogen and oxygen atoms in total. The number of aliphatic carboxylic acids is 1. The van der Waals surface area contributed by atoms with Gasteiger partial charge in [0.1, 0.15) is 5.56 Å². The molecule has 1 fully saturated rings. The van der Waals surface area contributed by atoms with E-state index in [1.807, 2.05) is 37.3 Å². The Bertz CT molecular complexity index is 2020. The van der Waals surface area contributed by atoms with Gasteiger partial charge in [-0.2, -0.15) is 0 Å². The maximum Gasteiger partial charge on any atom is 0.330 e. The molecule has 2 aromatic heterocycles. The SMILES string of the molecule is COc1nc(-c2cccc(-c3cccc(NC(=O)c4cn(C)c(=O)n(C)c4=O)c3C)c2Cl)cc2c1[C@H](N1CC[C@H](C(=O)O)C1)CC2. The van der Waals surface area contributed by atoms with Gasteiger partial charge in [0.25, 0.3) is 11.5 Å². The first-order chi connectivity index (χ1) is 22.0. The van der Waals surface area contributed by atoms with Gasteiger partial charge in [-0.25, -0.2) is 9.78 Å². The number of hydrogen-bond donors (Lipinski definition) is 2. The zero-order valence-electron chi connectivity index (χ0n) is 26.0. The molecule has 238 valence electrons. The Balaban J connectivity index is 1.33. The van der Waals surface area contributed by atoms with Crippen molar-refractivity contribution in [2.75, 3.05) is 25.5 Å². The number of hydrogen-bond acceptors (Lipinski definition) is 7. The van der Waals surface area contributed by atoms with Crippen molar-refractivity contribution in [2.24, 2.45) is 20.0 Å². The van der Waals surface area contributed by atoms with Crippen LogP contribution >= 0.6 is 11.6 Å². The molecule has 2 atom stereocenters. The summed E-state index contributed by atoms with van der Waals surface area (Å²) in [6, 6.07) is 13.2. The first-order valence-corrected chi connectivity index (χ1v) is 15.4. The Hall–Kier alpha value is -4.74. The molecule has 6 rings (SSSR count). The van der Waals surface area contributed by atoms with Gasteiger partial charge >= 0.3 is 11.7 Å². The summed E-state index contributed by atoms with van der Waals surface area (Å²) in [5, 5.41) is 12.8. The lowest BCUT2D eigenvalue weighted by atomic mass is 9.96. The van der Waals surface area contributed by atoms with Crippen LogP contribution in [0.2, 0.25) is 5.02 Å². The van der Waals surface area contributed by atoms with Gasteiger partial charge < -0.3 is 19.7 Å². The fraction of sp³-hybridized carbons (Fsp3) is 0.324. The molecule has 12 heteroatoms. The molecule has 0 radical (unpaired) electrons. The van der Waals surface area contributed by atoms with E-state index in [0.29, 0.717) is 35.2 Å². The monoisotopic (exact) mass is 643 g/mol. The first-order valence-electron chi connectivity index (χ1n) is 15.0. The fourth-order valence-electron chi connectivity index (χ4n) is 6.67. The summed E-state index contributed by atoms with van der Waals surface area (Å²) in [6.07, 6.45) is 3.54. The number of anilines is 1. The Labute approximate surface area is 270 Å². The second-order valence-corrected chi connectivity index (χ2v) is 12.2. The number of ether oxygens (including phenoxy) is 1. The molecule has 3 heterocycles. The van der Waals surface area contributed by atoms with Crippen LogP contribution in [0.25, 0.3) is 22.4 Å². The highest BCUT2D eigenvalue weighted by atomic mass is 35.5. The first kappa shape index (κ1) is 31.3. The van der Waals surface area contributed by atoms with Gasteiger partial charge in [0, 0.05) is 55.3 Å². The number of pyridine rings is 1. The lowest BCUT2D eigenvalue weighted by Crippen LogP contribution is -2.40. The number of benzene rings is 2. The van der Waals surface area contributed by atoms with E-state index in [4.69, 9.17) is 21.3 Å². The Morgan fingerprint density at radius 2 is 1.78 bits per heavy atom. The topological polar surface area (TPSA) is 136 Å². The highest BCUT2D eigenvalue weighted by molar-refractivity contribution is 6.36. The minimum absolute atomic E-state index is 0.0548. The number of fused-ring (bicyclic) bond motifs is 1. The molecule has 1 saturated heterocycles. The summed E-state index contributed by atoms with van der Waals surface area (Å²) in [5.74, 6) is -1.23. The molecule has 0 saturated carbocycles. The van der Waals surface area contributed by atoms with Crippen molar-refractivity contribution in [2.45, 2.75) is 32.2 Å². The molecule has 0 spiro atoms. The average Bonchev–Trinajstić information content (AvgIpc) is 3.70. The van der Waals surface area contributed by atoms with Gasteiger partial charge in [-0.05, 0) is 61.6 Å². The molecule has 0 unspecified atom stereocenters. The summed E-state index contributed by atoms with van der Waals surface area (Å²) in [5.41, 5.74) is 4.91. The molecule has 1 amide bonds. The van der Waals surface area contributed by atoms with Crippen LogP contribution in [0.5, 0.6) is 5.88 Å². The number of carbonyl (C=O) groups is 2. The standard InChI is InChI=1S/C34H34ClN5O6/c1-18-21(7-6-10-25(18)36-30(41)24-17-38(2)34(45)39(3)32(24)42)22-8-5-9-23(29(22)35)26-15-19-11-12-27(28(19)31(37-26)46-4)40-14-13-20(16-40)33(43)44/h5-10,15,17,20,27H,11-14,16H2,1-4H3,(H,36,41)(H,43,44)/t20-,27+/m0/s1. The van der Waals surface area contributed by atoms with Crippen molar-refractivity contribution in [1.82, 2.24) is 19.0 Å². The van der Waals surface area contributed by atoms with Gasteiger partial charge in [0.2, 0.25) is 5.88 Å². The van der Waals surface area contributed by atoms with E-state index in [0.717, 1.165) is 57.3 Å². The average molecular weight is 644 g/mol. The molecule has 46 heavy (non-hydrogen) atoms. The minimum Gasteiger partial charge on any atom is -0.481 e. The quantitative estimate of drug-likeness (QED) is 0.302. The number of nitrogens with zero attached hydrogens (tertiary/aromatic N) is 4. The number of halogens is 1. The van der Waals surface area contributed by atoms with E-state index in [1.165, 1.54) is 24.9 Å². The summed E-state index contributed by atoms with van der Waals surface area (Å²) in [7, 11) is 4.40. The van der Waals surface area contributed by atoms with Gasteiger partial charge in [0.05, 0.1) is 23.7 Å². The maximum atomic E-state index is 13.1. The minimum atomic E-state index is -0.756. The molecule has 2 aliphatic rings. The molecular formula is C34H34ClN5O6. The predicted octanol–water partition coefficient (Wildman–Crippen LogP) is 4.43. The normalized spacial score (nSPS) is 17.6. The highest BCUT2D eigenvalue weighted by Gasteiger charge is 2.38. The van der Waals surface area contributed by atoms with Crippen molar-refractivity contribution in [3.63, 3.8) is 0 Å². The number of rotatable bonds is 7. The lowest BCUT2D eigenvalue weighted by molar-refractivity contribution is -0.141. The molecular weight excluding hydrogens is 610 g/mol. The number of aryl methyl sites for hydroxylation is 2. The maximum absolute atomic E-state index is 13.1. The molecule has 2 aromatic carbocycles. The fourth-order valence-corrected chi connectivity index (χ4v) is 6.99. The number of amides is 1. The Morgan fingerprint density at radius 3 is 2.50 bits per heavy atom. The number of likely N-dealkylation sites (tertiary alicyclic amines) is 1. The largest absolute Gasteiger partial charge is 0.481 e. The third-order valence-corrected chi connectivity index (χ3v) is 9.58. The van der Waals surface area contributed by atoms with Crippen molar-refractivity contribution < 1.29 is 19.4 Å². The summed E-state index contributed by atoms with van der Waals surface area (Å²) in [4.78, 5) is 56.5. The zero-order valence-corrected chi connectivity index (χ0v) is 26.7. The zero-order chi connectivity index (χ0) is 32.9. The predicted molar refractivity (Wildman–Crippen MR) is 175 cm³/mol. The van der Waals surface area contributed by atoms with Crippen LogP contribution in [0.15, 0.2) is 58.3 Å². The third-order valence-electron chi connectivity index (χ3n) is 9.17. The van der Waals surface area contributed by atoms with Gasteiger partial charge in [-0.3, -0.25) is 23.9 Å². The van der Waals surface area contributed by atoms with Crippen LogP contribution in [0.3, 0.4) is 0 Å². The molecule has 4 aromatic rings. The number of nitrogens with one attached hydrogen (secondary N) is 1. The van der Waals surface area contributed by atoms with Crippen LogP contribution in [0.1, 0.15) is 45.9 Å². The van der Waals surface area contributed by atoms with Crippen LogP contribution in [0, 0.1) is 12.8 Å². The van der Waals surface area contributed by atoms with E-state index < -0.39 is 23.1 Å². The van der Waals surface area contributed by atoms with Crippen molar-refractivity contribution >= 4 is 29.2 Å². The second kappa shape index (κ2) is 12.2. The van der Waals surface area contributed by atoms with Gasteiger partial charge in [-0.1, -0.05) is 41.9 Å². The molecule has 0 bridgehead atoms. The van der Waals surface area contributed by atoms with Crippen molar-refractivity contribution in [3.05, 3.63) is 96.8 Å². The van der Waals surface area contributed by atoms with Gasteiger partial charge in [-0.15, -0.1) is 0 Å². The smallest absolute Gasteiger partial charge is 0.330 e. The van der Waals surface area contributed by atoms with Crippen LogP contribution in [0.4, 0.5) is 5.69 Å². The van der Waals surface area contributed by atoms with E-state index >= 15 is 0 Å². The Kier molecular flexibility index (Phi) is 8.30. The second-order valence-electron chi connectivity index (χ2n) is 11.9. The van der Waals surface area contributed by atoms with E-state index in [1.54, 1.807) is 19.2 Å². The van der Waals surface area contributed by atoms with Crippen LogP contribution in [-0.2, 0) is 25.3 Å². The summed E-state index contributed by atoms with van der Waals surface area (Å²) >= 11 is 7.09. The molecule has 2 N–H and O–H groups in total. The number of carbonyl (C=O) groups excluding carboxylic acids is 1. The number of carboxylic acid groups (broad SMARTS) is 1. The third kappa shape index (κ3) is 5.39. The number of carboxylic acids is 1. The molecule has 1 aliphatic heterocycles. The van der Waals surface area contributed by atoms with Crippen molar-refractivity contribution in [3.8, 4) is 28.3 Å². The van der Waals surface area contributed by atoms with Crippen LogP contribution < -0.4 is 21.3 Å². The van der Waals surface area contributed by atoms with Crippen molar-refractivity contribution in [1.29, 1.82) is 0 Å². The Morgan fingerprint density at radius 1 is 1.07 bits per heavy atom. The summed E-state index contributed by atoms with van der Waals surface area (Å²) < 4.78 is 7.88. The molecule has 1 aliphatic carbocycles. The van der Waals surface area contributed by atoms with E-state index in [2.05, 4.69) is 10.2 Å². The van der Waals surface area contributed by atoms with Crippen LogP contribution in [-0.4, -0.2) is 56.2 Å². The van der Waals surface area contributed by atoms with E-state index in [9.17, 15) is 24.3 Å². The highest BCUT2D eigenvalue weighted by Crippen LogP contribution is 2.45. The summed E-state index contributed by atoms with van der Waals surface area (Å²) in [6.45, 7) is 3.09.